The van der Waals surface area contributed by atoms with Crippen molar-refractivity contribution in [3.8, 4) is 11.5 Å². The Kier molecular flexibility index (Phi) is 7.81. The van der Waals surface area contributed by atoms with E-state index >= 15 is 0 Å². The summed E-state index contributed by atoms with van der Waals surface area (Å²) in [5, 5.41) is 14.0. The average molecular weight is 436 g/mol. The highest BCUT2D eigenvalue weighted by molar-refractivity contribution is 5.92. The standard InChI is InChI=1S/C25H29N3O4/c1-16-14-19(29)12-11-18(16)15-21(27)24(30)28-22(9-5-13-26)25(31)32-23-10-4-7-17-6-2-3-8-20(17)23/h2-4,6-8,10-12,14,21-22,29H,5,9,13,15,26-27H2,1H3,(H,28,30)/t21-,22-/m0/s1. The number of fused-ring (bicyclic) bond motifs is 1. The number of carbonyl (C=O) groups excluding carboxylic acids is 2. The Bertz CT molecular complexity index is 1090. The number of nitrogens with two attached hydrogens (primary N) is 2. The zero-order chi connectivity index (χ0) is 23.1. The molecule has 168 valence electrons. The molecule has 0 saturated carbocycles. The molecule has 0 spiro atoms. The van der Waals surface area contributed by atoms with E-state index in [1.54, 1.807) is 24.3 Å². The summed E-state index contributed by atoms with van der Waals surface area (Å²) >= 11 is 0. The van der Waals surface area contributed by atoms with Gasteiger partial charge in [-0.3, -0.25) is 4.79 Å². The van der Waals surface area contributed by atoms with Crippen molar-refractivity contribution >= 4 is 22.6 Å². The highest BCUT2D eigenvalue weighted by Gasteiger charge is 2.26. The topological polar surface area (TPSA) is 128 Å². The molecule has 6 N–H and O–H groups in total. The lowest BCUT2D eigenvalue weighted by Gasteiger charge is -2.20. The van der Waals surface area contributed by atoms with Gasteiger partial charge < -0.3 is 26.6 Å². The van der Waals surface area contributed by atoms with E-state index in [2.05, 4.69) is 5.32 Å². The quantitative estimate of drug-likeness (QED) is 0.302. The molecule has 0 aliphatic carbocycles. The number of phenolic OH excluding ortho intramolecular Hbond substituents is 1. The summed E-state index contributed by atoms with van der Waals surface area (Å²) in [7, 11) is 0. The maximum Gasteiger partial charge on any atom is 0.334 e. The molecular weight excluding hydrogens is 406 g/mol. The van der Waals surface area contributed by atoms with Crippen LogP contribution >= 0.6 is 0 Å². The first-order valence-electron chi connectivity index (χ1n) is 10.6. The van der Waals surface area contributed by atoms with E-state index in [9.17, 15) is 14.7 Å². The fourth-order valence-corrected chi connectivity index (χ4v) is 3.55. The lowest BCUT2D eigenvalue weighted by Crippen LogP contribution is -2.50. The Morgan fingerprint density at radius 3 is 2.59 bits per heavy atom. The van der Waals surface area contributed by atoms with Gasteiger partial charge in [0, 0.05) is 5.39 Å². The zero-order valence-corrected chi connectivity index (χ0v) is 18.1. The molecule has 32 heavy (non-hydrogen) atoms. The highest BCUT2D eigenvalue weighted by atomic mass is 16.5. The summed E-state index contributed by atoms with van der Waals surface area (Å²) in [6.07, 6.45) is 1.17. The van der Waals surface area contributed by atoms with Crippen LogP contribution in [0.15, 0.2) is 60.7 Å². The number of rotatable bonds is 9. The molecule has 0 heterocycles. The molecule has 0 aliphatic heterocycles. The van der Waals surface area contributed by atoms with E-state index in [-0.39, 0.29) is 12.2 Å². The maximum atomic E-state index is 12.9. The van der Waals surface area contributed by atoms with Crippen molar-refractivity contribution in [2.24, 2.45) is 11.5 Å². The predicted octanol–water partition coefficient (Wildman–Crippen LogP) is 2.55. The fourth-order valence-electron chi connectivity index (χ4n) is 3.55. The van der Waals surface area contributed by atoms with E-state index in [0.717, 1.165) is 21.9 Å². The number of hydrogen-bond acceptors (Lipinski definition) is 6. The van der Waals surface area contributed by atoms with Crippen molar-refractivity contribution in [1.82, 2.24) is 5.32 Å². The summed E-state index contributed by atoms with van der Waals surface area (Å²) in [6, 6.07) is 16.3. The summed E-state index contributed by atoms with van der Waals surface area (Å²) in [4.78, 5) is 25.7. The van der Waals surface area contributed by atoms with E-state index in [1.165, 1.54) is 0 Å². The van der Waals surface area contributed by atoms with E-state index in [4.69, 9.17) is 16.2 Å². The maximum absolute atomic E-state index is 12.9. The van der Waals surface area contributed by atoms with E-state index < -0.39 is 24.0 Å². The van der Waals surface area contributed by atoms with Gasteiger partial charge in [-0.1, -0.05) is 42.5 Å². The van der Waals surface area contributed by atoms with Crippen LogP contribution in [0.1, 0.15) is 24.0 Å². The number of phenols is 1. The molecular formula is C25H29N3O4. The van der Waals surface area contributed by atoms with Crippen LogP contribution in [0, 0.1) is 6.92 Å². The summed E-state index contributed by atoms with van der Waals surface area (Å²) in [6.45, 7) is 2.22. The van der Waals surface area contributed by atoms with Crippen LogP contribution in [0.3, 0.4) is 0 Å². The number of nitrogens with one attached hydrogen (secondary N) is 1. The largest absolute Gasteiger partial charge is 0.508 e. The second-order valence-electron chi connectivity index (χ2n) is 7.81. The number of ether oxygens (including phenoxy) is 1. The van der Waals surface area contributed by atoms with Crippen LogP contribution in [0.25, 0.3) is 10.8 Å². The molecule has 3 aromatic carbocycles. The van der Waals surface area contributed by atoms with Crippen molar-refractivity contribution < 1.29 is 19.4 Å². The number of hydrogen-bond donors (Lipinski definition) is 4. The molecule has 0 bridgehead atoms. The molecule has 3 rings (SSSR count). The van der Waals surface area contributed by atoms with Gasteiger partial charge in [-0.05, 0) is 67.4 Å². The SMILES string of the molecule is Cc1cc(O)ccc1C[C@H](N)C(=O)N[C@@H](CCCN)C(=O)Oc1cccc2ccccc12. The molecule has 2 atom stereocenters. The minimum atomic E-state index is -0.864. The van der Waals surface area contributed by atoms with Gasteiger partial charge in [-0.2, -0.15) is 0 Å². The third-order valence-corrected chi connectivity index (χ3v) is 5.36. The molecule has 0 saturated heterocycles. The number of carbonyl (C=O) groups is 2. The average Bonchev–Trinajstić information content (AvgIpc) is 2.78. The zero-order valence-electron chi connectivity index (χ0n) is 18.1. The van der Waals surface area contributed by atoms with Crippen molar-refractivity contribution in [3.05, 3.63) is 71.8 Å². The second-order valence-corrected chi connectivity index (χ2v) is 7.81. The van der Waals surface area contributed by atoms with E-state index in [1.807, 2.05) is 43.3 Å². The van der Waals surface area contributed by atoms with Gasteiger partial charge >= 0.3 is 5.97 Å². The van der Waals surface area contributed by atoms with Crippen LogP contribution in [0.2, 0.25) is 0 Å². The molecule has 0 fully saturated rings. The molecule has 0 unspecified atom stereocenters. The molecule has 3 aromatic rings. The third kappa shape index (κ3) is 5.84. The third-order valence-electron chi connectivity index (χ3n) is 5.36. The van der Waals surface area contributed by atoms with Crippen LogP contribution in [0.5, 0.6) is 11.5 Å². The number of amides is 1. The smallest absolute Gasteiger partial charge is 0.334 e. The minimum absolute atomic E-state index is 0.155. The van der Waals surface area contributed by atoms with Crippen LogP contribution in [-0.2, 0) is 16.0 Å². The van der Waals surface area contributed by atoms with Gasteiger partial charge in [0.2, 0.25) is 5.91 Å². The molecule has 0 aromatic heterocycles. The molecule has 0 radical (unpaired) electrons. The Labute approximate surface area is 187 Å². The van der Waals surface area contributed by atoms with Gasteiger partial charge in [-0.25, -0.2) is 4.79 Å². The normalized spacial score (nSPS) is 12.8. The summed E-state index contributed by atoms with van der Waals surface area (Å²) in [5.41, 5.74) is 13.4. The van der Waals surface area contributed by atoms with Gasteiger partial charge in [-0.15, -0.1) is 0 Å². The Morgan fingerprint density at radius 2 is 1.84 bits per heavy atom. The Balaban J connectivity index is 1.70. The monoisotopic (exact) mass is 435 g/mol. The van der Waals surface area contributed by atoms with Crippen LogP contribution in [-0.4, -0.2) is 35.6 Å². The highest BCUT2D eigenvalue weighted by Crippen LogP contribution is 2.25. The van der Waals surface area contributed by atoms with Crippen LogP contribution < -0.4 is 21.5 Å². The van der Waals surface area contributed by atoms with E-state index in [0.29, 0.717) is 25.1 Å². The summed E-state index contributed by atoms with van der Waals surface area (Å²) < 4.78 is 5.65. The molecule has 7 heteroatoms. The lowest BCUT2D eigenvalue weighted by molar-refractivity contribution is -0.139. The van der Waals surface area contributed by atoms with Gasteiger partial charge in [0.25, 0.3) is 0 Å². The Hall–Kier alpha value is -3.42. The molecule has 1 amide bonds. The lowest BCUT2D eigenvalue weighted by atomic mass is 10.0. The van der Waals surface area contributed by atoms with Gasteiger partial charge in [0.1, 0.15) is 17.5 Å². The first kappa shape index (κ1) is 23.2. The minimum Gasteiger partial charge on any atom is -0.508 e. The summed E-state index contributed by atoms with van der Waals surface area (Å²) in [5.74, 6) is -0.419. The van der Waals surface area contributed by atoms with Crippen molar-refractivity contribution in [3.63, 3.8) is 0 Å². The molecule has 7 nitrogen and oxygen atoms in total. The number of aromatic hydroxyl groups is 1. The first-order valence-corrected chi connectivity index (χ1v) is 10.6. The van der Waals surface area contributed by atoms with Crippen molar-refractivity contribution in [1.29, 1.82) is 0 Å². The second kappa shape index (κ2) is 10.7. The van der Waals surface area contributed by atoms with Crippen LogP contribution in [0.4, 0.5) is 0 Å². The number of benzene rings is 3. The number of aryl methyl sites for hydroxylation is 1. The Morgan fingerprint density at radius 1 is 1.09 bits per heavy atom. The van der Waals surface area contributed by atoms with Crippen molar-refractivity contribution in [2.45, 2.75) is 38.3 Å². The first-order chi connectivity index (χ1) is 15.4. The van der Waals surface area contributed by atoms with Gasteiger partial charge in [0.15, 0.2) is 0 Å². The fraction of sp³-hybridized carbons (Fsp3) is 0.280. The predicted molar refractivity (Wildman–Crippen MR) is 124 cm³/mol. The molecule has 0 aliphatic rings. The van der Waals surface area contributed by atoms with Gasteiger partial charge in [0.05, 0.1) is 6.04 Å². The number of esters is 1. The van der Waals surface area contributed by atoms with Crippen molar-refractivity contribution in [2.75, 3.05) is 6.54 Å².